The van der Waals surface area contributed by atoms with Crippen molar-refractivity contribution in [1.29, 1.82) is 0 Å². The molecule has 2 amide bonds. The monoisotopic (exact) mass is 390 g/mol. The van der Waals surface area contributed by atoms with E-state index < -0.39 is 12.1 Å². The Morgan fingerprint density at radius 1 is 1.24 bits per heavy atom. The van der Waals surface area contributed by atoms with Crippen LogP contribution >= 0.6 is 22.9 Å². The van der Waals surface area contributed by atoms with Crippen molar-refractivity contribution in [2.24, 2.45) is 0 Å². The summed E-state index contributed by atoms with van der Waals surface area (Å²) in [6.07, 6.45) is -4.92. The van der Waals surface area contributed by atoms with E-state index in [1.807, 2.05) is 0 Å². The van der Waals surface area contributed by atoms with Crippen LogP contribution < -0.4 is 5.32 Å². The van der Waals surface area contributed by atoms with E-state index in [4.69, 9.17) is 11.6 Å². The zero-order valence-corrected chi connectivity index (χ0v) is 14.6. The molecule has 0 unspecified atom stereocenters. The van der Waals surface area contributed by atoms with Gasteiger partial charge >= 0.3 is 12.1 Å². The first-order valence-electron chi connectivity index (χ1n) is 7.22. The van der Waals surface area contributed by atoms with E-state index in [2.05, 4.69) is 5.32 Å². The van der Waals surface area contributed by atoms with E-state index in [1.165, 1.54) is 13.0 Å². The van der Waals surface area contributed by atoms with Crippen molar-refractivity contribution in [2.45, 2.75) is 19.6 Å². The second-order valence-electron chi connectivity index (χ2n) is 5.08. The number of alkyl halides is 3. The van der Waals surface area contributed by atoms with Crippen LogP contribution in [-0.4, -0.2) is 29.4 Å². The van der Waals surface area contributed by atoms with Crippen LogP contribution in [0.2, 0.25) is 4.34 Å². The number of carbonyl (C=O) groups excluding carboxylic acids is 2. The molecule has 0 aliphatic heterocycles. The number of halogens is 4. The maximum atomic E-state index is 12.6. The normalized spacial score (nSPS) is 11.2. The van der Waals surface area contributed by atoms with Crippen molar-refractivity contribution >= 4 is 40.4 Å². The van der Waals surface area contributed by atoms with Crippen molar-refractivity contribution in [3.8, 4) is 0 Å². The van der Waals surface area contributed by atoms with Gasteiger partial charge in [0.1, 0.15) is 0 Å². The third-order valence-electron chi connectivity index (χ3n) is 3.27. The number of hydrogen-bond acceptors (Lipinski definition) is 3. The highest BCUT2D eigenvalue weighted by Gasteiger charge is 2.41. The molecule has 0 radical (unpaired) electrons. The number of amides is 2. The fourth-order valence-electron chi connectivity index (χ4n) is 2.10. The van der Waals surface area contributed by atoms with Gasteiger partial charge in [0.15, 0.2) is 0 Å². The van der Waals surface area contributed by atoms with Gasteiger partial charge in [0.2, 0.25) is 0 Å². The van der Waals surface area contributed by atoms with Crippen LogP contribution in [0, 0.1) is 0 Å². The van der Waals surface area contributed by atoms with Crippen LogP contribution in [0.25, 0.3) is 0 Å². The van der Waals surface area contributed by atoms with E-state index >= 15 is 0 Å². The molecule has 9 heteroatoms. The number of benzene rings is 1. The Morgan fingerprint density at radius 3 is 2.52 bits per heavy atom. The fraction of sp³-hybridized carbons (Fsp3) is 0.250. The summed E-state index contributed by atoms with van der Waals surface area (Å²) in [6, 6.07) is 9.49. The second-order valence-corrected chi connectivity index (χ2v) is 6.79. The molecule has 0 atom stereocenters. The number of thiophene rings is 1. The molecule has 25 heavy (non-hydrogen) atoms. The summed E-state index contributed by atoms with van der Waals surface area (Å²) >= 11 is 6.90. The number of nitrogens with zero attached hydrogens (tertiary/aromatic N) is 1. The number of carbonyl (C=O) groups is 2. The lowest BCUT2D eigenvalue weighted by molar-refractivity contribution is -0.185. The largest absolute Gasteiger partial charge is 0.471 e. The molecule has 0 saturated carbocycles. The van der Waals surface area contributed by atoms with E-state index in [1.54, 1.807) is 30.3 Å². The first-order chi connectivity index (χ1) is 11.7. The summed E-state index contributed by atoms with van der Waals surface area (Å²) in [7, 11) is 0. The Balaban J connectivity index is 2.10. The van der Waals surface area contributed by atoms with Crippen LogP contribution in [0.4, 0.5) is 18.9 Å². The minimum Gasteiger partial charge on any atom is -0.331 e. The zero-order chi connectivity index (χ0) is 18.6. The van der Waals surface area contributed by atoms with E-state index in [0.717, 1.165) is 11.3 Å². The predicted octanol–water partition coefficient (Wildman–Crippen LogP) is 4.56. The van der Waals surface area contributed by atoms with Crippen molar-refractivity contribution in [2.75, 3.05) is 11.9 Å². The lowest BCUT2D eigenvalue weighted by atomic mass is 10.2. The lowest BCUT2D eigenvalue weighted by Gasteiger charge is -2.22. The Hall–Kier alpha value is -2.06. The van der Waals surface area contributed by atoms with Crippen LogP contribution in [0.3, 0.4) is 0 Å². The average Bonchev–Trinajstić information content (AvgIpc) is 2.98. The maximum Gasteiger partial charge on any atom is 0.471 e. The Bertz CT molecular complexity index is 777. The summed E-state index contributed by atoms with van der Waals surface area (Å²) in [6.45, 7) is 1.18. The lowest BCUT2D eigenvalue weighted by Crippen LogP contribution is -2.40. The molecule has 2 aromatic rings. The number of anilines is 1. The minimum atomic E-state index is -4.92. The molecule has 2 rings (SSSR count). The molecule has 1 heterocycles. The van der Waals surface area contributed by atoms with Gasteiger partial charge in [-0.3, -0.25) is 9.59 Å². The molecule has 1 aromatic carbocycles. The van der Waals surface area contributed by atoms with E-state index in [9.17, 15) is 22.8 Å². The SMILES string of the molecule is CCN(Cc1cccc(NC(=O)c2ccc(Cl)s2)c1)C(=O)C(F)(F)F. The Labute approximate surface area is 151 Å². The van der Waals surface area contributed by atoms with Crippen molar-refractivity contribution < 1.29 is 22.8 Å². The second kappa shape index (κ2) is 7.88. The Kier molecular flexibility index (Phi) is 6.07. The van der Waals surface area contributed by atoms with Crippen molar-refractivity contribution in [3.63, 3.8) is 0 Å². The van der Waals surface area contributed by atoms with E-state index in [0.29, 0.717) is 25.4 Å². The van der Waals surface area contributed by atoms with Gasteiger partial charge in [-0.1, -0.05) is 23.7 Å². The highest BCUT2D eigenvalue weighted by molar-refractivity contribution is 7.18. The third-order valence-corrected chi connectivity index (χ3v) is 4.50. The molecule has 0 aliphatic carbocycles. The molecule has 134 valence electrons. The van der Waals surface area contributed by atoms with Gasteiger partial charge in [-0.25, -0.2) is 0 Å². The van der Waals surface area contributed by atoms with Gasteiger partial charge in [0.05, 0.1) is 9.21 Å². The van der Waals surface area contributed by atoms with Crippen LogP contribution in [-0.2, 0) is 11.3 Å². The minimum absolute atomic E-state index is 0.0807. The molecule has 1 N–H and O–H groups in total. The Morgan fingerprint density at radius 2 is 1.96 bits per heavy atom. The zero-order valence-electron chi connectivity index (χ0n) is 13.1. The molecule has 0 bridgehead atoms. The van der Waals surface area contributed by atoms with Gasteiger partial charge in [-0.05, 0) is 36.8 Å². The highest BCUT2D eigenvalue weighted by Crippen LogP contribution is 2.23. The number of nitrogens with one attached hydrogen (secondary N) is 1. The van der Waals surface area contributed by atoms with Crippen LogP contribution in [0.15, 0.2) is 36.4 Å². The molecular formula is C16H14ClF3N2O2S. The summed E-state index contributed by atoms with van der Waals surface area (Å²) in [4.78, 5) is 24.6. The van der Waals surface area contributed by atoms with Gasteiger partial charge in [-0.2, -0.15) is 13.2 Å². The molecule has 1 aromatic heterocycles. The summed E-state index contributed by atoms with van der Waals surface area (Å²) in [5.41, 5.74) is 0.893. The molecule has 0 fully saturated rings. The fourth-order valence-corrected chi connectivity index (χ4v) is 3.04. The van der Waals surface area contributed by atoms with Gasteiger partial charge in [0, 0.05) is 18.8 Å². The van der Waals surface area contributed by atoms with Crippen LogP contribution in [0.5, 0.6) is 0 Å². The average molecular weight is 391 g/mol. The maximum absolute atomic E-state index is 12.6. The third kappa shape index (κ3) is 5.20. The topological polar surface area (TPSA) is 49.4 Å². The van der Waals surface area contributed by atoms with Crippen LogP contribution in [0.1, 0.15) is 22.2 Å². The van der Waals surface area contributed by atoms with Gasteiger partial charge < -0.3 is 10.2 Å². The molecule has 4 nitrogen and oxygen atoms in total. The van der Waals surface area contributed by atoms with Crippen molar-refractivity contribution in [1.82, 2.24) is 4.90 Å². The number of rotatable bonds is 5. The summed E-state index contributed by atoms with van der Waals surface area (Å²) in [5.74, 6) is -2.26. The quantitative estimate of drug-likeness (QED) is 0.813. The van der Waals surface area contributed by atoms with Gasteiger partial charge in [0.25, 0.3) is 5.91 Å². The van der Waals surface area contributed by atoms with Gasteiger partial charge in [-0.15, -0.1) is 11.3 Å². The van der Waals surface area contributed by atoms with Crippen molar-refractivity contribution in [3.05, 3.63) is 51.2 Å². The molecule has 0 aliphatic rings. The smallest absolute Gasteiger partial charge is 0.331 e. The molecule has 0 saturated heterocycles. The first kappa shape index (κ1) is 19.3. The van der Waals surface area contributed by atoms with E-state index in [-0.39, 0.29) is 19.0 Å². The number of hydrogen-bond donors (Lipinski definition) is 1. The molecule has 0 spiro atoms. The first-order valence-corrected chi connectivity index (χ1v) is 8.42. The predicted molar refractivity (Wildman–Crippen MR) is 90.9 cm³/mol. The molecular weight excluding hydrogens is 377 g/mol. The summed E-state index contributed by atoms with van der Waals surface area (Å²) in [5, 5.41) is 2.65. The summed E-state index contributed by atoms with van der Waals surface area (Å²) < 4.78 is 38.2. The highest BCUT2D eigenvalue weighted by atomic mass is 35.5. The standard InChI is InChI=1S/C16H14ClF3N2O2S/c1-2-22(15(24)16(18,19)20)9-10-4-3-5-11(8-10)21-14(23)12-6-7-13(17)25-12/h3-8H,2,9H2,1H3,(H,21,23).